The van der Waals surface area contributed by atoms with Crippen LogP contribution in [-0.4, -0.2) is 5.51 Å². The van der Waals surface area contributed by atoms with E-state index in [1.165, 1.54) is 51.0 Å². The molecule has 7 atom stereocenters. The van der Waals surface area contributed by atoms with Crippen molar-refractivity contribution in [1.82, 2.24) is 0 Å². The highest BCUT2D eigenvalue weighted by molar-refractivity contribution is 7.95. The molecule has 36 heavy (non-hydrogen) atoms. The molecule has 0 amide bonds. The van der Waals surface area contributed by atoms with Crippen LogP contribution in [0.4, 0.5) is 13.2 Å². The molecule has 0 radical (unpaired) electrons. The summed E-state index contributed by atoms with van der Waals surface area (Å²) < 4.78 is 38.5. The van der Waals surface area contributed by atoms with Crippen LogP contribution in [0, 0.1) is 39.4 Å². The molecule has 0 aromatic carbocycles. The molecule has 5 heteroatoms. The van der Waals surface area contributed by atoms with Gasteiger partial charge in [-0.2, -0.15) is 13.2 Å². The number of hydrogen-bond donors (Lipinski definition) is 0. The summed E-state index contributed by atoms with van der Waals surface area (Å²) in [6.07, 6.45) is 21.8. The van der Waals surface area contributed by atoms with E-state index in [1.807, 2.05) is 0 Å². The van der Waals surface area contributed by atoms with Gasteiger partial charge in [0.2, 0.25) is 0 Å². The van der Waals surface area contributed by atoms with Crippen LogP contribution in [0.5, 0.6) is 0 Å². The topological polar surface area (TPSA) is 9.23 Å². The maximum Gasteiger partial charge on any atom is 0.479 e. The second kappa shape index (κ2) is 11.1. The molecule has 0 saturated heterocycles. The zero-order valence-electron chi connectivity index (χ0n) is 23.2. The molecule has 0 heterocycles. The van der Waals surface area contributed by atoms with E-state index in [9.17, 15) is 13.2 Å². The van der Waals surface area contributed by atoms with Crippen molar-refractivity contribution in [2.24, 2.45) is 39.4 Å². The number of allylic oxidation sites excluding steroid dienone is 2. The Morgan fingerprint density at radius 1 is 1.11 bits per heavy atom. The van der Waals surface area contributed by atoms with Gasteiger partial charge in [0.1, 0.15) is 5.76 Å². The quantitative estimate of drug-likeness (QED) is 0.159. The van der Waals surface area contributed by atoms with E-state index in [0.29, 0.717) is 16.2 Å². The lowest BCUT2D eigenvalue weighted by Gasteiger charge is -2.83. The number of fused-ring (bicyclic) bond motifs is 1. The average molecular weight is 527 g/mol. The third-order valence-electron chi connectivity index (χ3n) is 11.6. The summed E-state index contributed by atoms with van der Waals surface area (Å²) in [6.45, 7) is 21.0. The van der Waals surface area contributed by atoms with E-state index in [2.05, 4.69) is 57.7 Å². The summed E-state index contributed by atoms with van der Waals surface area (Å²) in [7, 11) is 0. The summed E-state index contributed by atoms with van der Waals surface area (Å²) in [5.41, 5.74) is -1.71. The standard InChI is InChI=1S/C25H42.C6H7F3OS/c1-6-19(7-2)11-15-22(4)20(8-3)12-16-23(5)24-14-9-10-21(24)13-17-25(22,23)18-24;1-3-4-5(2)10-11-6(7,8)9/h6,19-21H,1,7-18H2,2-5H3;3H,1-2,4H2/t19?,20?,21?,22?,23?,24?,25-;/m0./s1. The van der Waals surface area contributed by atoms with Gasteiger partial charge in [0.25, 0.3) is 0 Å². The fourth-order valence-corrected chi connectivity index (χ4v) is 10.0. The molecule has 0 aliphatic heterocycles. The molecule has 2 bridgehead atoms. The van der Waals surface area contributed by atoms with Gasteiger partial charge in [-0.3, -0.25) is 0 Å². The van der Waals surface area contributed by atoms with Crippen molar-refractivity contribution in [3.05, 3.63) is 37.6 Å². The van der Waals surface area contributed by atoms with Crippen LogP contribution in [-0.2, 0) is 4.18 Å². The van der Waals surface area contributed by atoms with Gasteiger partial charge in [-0.15, -0.1) is 13.2 Å². The SMILES string of the molecule is C=CC(CC)CCC1(C)C(CC)CCC2(C)C34CCCC3CC[C@]12C4.C=CCC(=C)OSC(F)(F)F. The van der Waals surface area contributed by atoms with Crippen LogP contribution in [0.2, 0.25) is 0 Å². The zero-order valence-corrected chi connectivity index (χ0v) is 24.0. The fourth-order valence-electron chi connectivity index (χ4n) is 9.76. The number of hydrogen-bond acceptors (Lipinski definition) is 2. The highest BCUT2D eigenvalue weighted by Crippen LogP contribution is 2.88. The van der Waals surface area contributed by atoms with Gasteiger partial charge in [0, 0.05) is 6.42 Å². The predicted octanol–water partition coefficient (Wildman–Crippen LogP) is 11.0. The summed E-state index contributed by atoms with van der Waals surface area (Å²) in [6, 6.07) is 0. The minimum atomic E-state index is -4.37. The van der Waals surface area contributed by atoms with Crippen molar-refractivity contribution >= 4 is 12.0 Å². The first-order valence-electron chi connectivity index (χ1n) is 14.2. The predicted molar refractivity (Wildman–Crippen MR) is 147 cm³/mol. The molecule has 5 aliphatic carbocycles. The van der Waals surface area contributed by atoms with Crippen LogP contribution >= 0.6 is 12.0 Å². The molecule has 0 N–H and O–H groups in total. The molecular formula is C31H49F3OS. The Labute approximate surface area is 223 Å². The Morgan fingerprint density at radius 3 is 2.42 bits per heavy atom. The third kappa shape index (κ3) is 4.84. The Kier molecular flexibility index (Phi) is 9.16. The maximum absolute atomic E-state index is 11.4. The largest absolute Gasteiger partial charge is 0.479 e. The first-order valence-corrected chi connectivity index (χ1v) is 15.0. The van der Waals surface area contributed by atoms with Crippen molar-refractivity contribution < 1.29 is 17.4 Å². The summed E-state index contributed by atoms with van der Waals surface area (Å²) in [5.74, 6) is 2.81. The number of rotatable bonds is 10. The van der Waals surface area contributed by atoms with Crippen molar-refractivity contribution in [1.29, 1.82) is 0 Å². The molecule has 0 aromatic rings. The molecule has 5 saturated carbocycles. The molecule has 1 nitrogen and oxygen atoms in total. The van der Waals surface area contributed by atoms with Crippen molar-refractivity contribution in [2.45, 2.75) is 117 Å². The highest BCUT2D eigenvalue weighted by atomic mass is 32.2. The molecule has 5 rings (SSSR count). The molecule has 2 spiro atoms. The normalized spacial score (nSPS) is 39.4. The zero-order chi connectivity index (χ0) is 26.8. The van der Waals surface area contributed by atoms with Gasteiger partial charge in [0.15, 0.2) is 12.0 Å². The highest BCUT2D eigenvalue weighted by Gasteiger charge is 2.80. The van der Waals surface area contributed by atoms with E-state index in [1.54, 1.807) is 32.1 Å². The van der Waals surface area contributed by atoms with Crippen molar-refractivity contribution in [3.8, 4) is 0 Å². The minimum absolute atomic E-state index is 0.0438. The molecule has 6 unspecified atom stereocenters. The second-order valence-corrected chi connectivity index (χ2v) is 13.3. The van der Waals surface area contributed by atoms with E-state index in [-0.39, 0.29) is 12.2 Å². The van der Waals surface area contributed by atoms with Crippen LogP contribution in [0.15, 0.2) is 37.6 Å². The van der Waals surface area contributed by atoms with Gasteiger partial charge in [-0.25, -0.2) is 0 Å². The lowest BCUT2D eigenvalue weighted by Crippen LogP contribution is -2.76. The molecular weight excluding hydrogens is 477 g/mol. The van der Waals surface area contributed by atoms with Gasteiger partial charge in [0.05, 0.1) is 0 Å². The number of alkyl halides is 3. The van der Waals surface area contributed by atoms with Crippen LogP contribution in [0.25, 0.3) is 0 Å². The molecule has 0 aromatic heterocycles. The second-order valence-electron chi connectivity index (χ2n) is 12.5. The lowest BCUT2D eigenvalue weighted by atomic mass is 9.21. The van der Waals surface area contributed by atoms with E-state index >= 15 is 0 Å². The van der Waals surface area contributed by atoms with E-state index < -0.39 is 17.6 Å². The molecule has 5 aliphatic rings. The van der Waals surface area contributed by atoms with Crippen LogP contribution < -0.4 is 0 Å². The maximum atomic E-state index is 11.4. The third-order valence-corrected chi connectivity index (χ3v) is 12.2. The minimum Gasteiger partial charge on any atom is -0.422 e. The molecule has 206 valence electrons. The van der Waals surface area contributed by atoms with Crippen LogP contribution in [0.3, 0.4) is 0 Å². The fraction of sp³-hybridized carbons (Fsp3) is 0.806. The Hall–Kier alpha value is -0.840. The average Bonchev–Trinajstić information content (AvgIpc) is 3.30. The molecule has 5 fully saturated rings. The summed E-state index contributed by atoms with van der Waals surface area (Å²) in [4.78, 5) is 0. The monoisotopic (exact) mass is 526 g/mol. The number of halogens is 3. The first kappa shape index (κ1) is 29.7. The lowest BCUT2D eigenvalue weighted by molar-refractivity contribution is -0.346. The van der Waals surface area contributed by atoms with Gasteiger partial charge in [-0.1, -0.05) is 59.3 Å². The van der Waals surface area contributed by atoms with E-state index in [0.717, 1.165) is 23.2 Å². The van der Waals surface area contributed by atoms with Crippen molar-refractivity contribution in [2.75, 3.05) is 0 Å². The van der Waals surface area contributed by atoms with E-state index in [4.69, 9.17) is 0 Å². The van der Waals surface area contributed by atoms with Crippen LogP contribution in [0.1, 0.15) is 111 Å². The smallest absolute Gasteiger partial charge is 0.422 e. The summed E-state index contributed by atoms with van der Waals surface area (Å²) >= 11 is -0.566. The van der Waals surface area contributed by atoms with Gasteiger partial charge in [-0.05, 0) is 104 Å². The van der Waals surface area contributed by atoms with Crippen molar-refractivity contribution in [3.63, 3.8) is 0 Å². The van der Waals surface area contributed by atoms with Gasteiger partial charge >= 0.3 is 5.51 Å². The van der Waals surface area contributed by atoms with Gasteiger partial charge < -0.3 is 4.18 Å². The Balaban J connectivity index is 0.000000280. The first-order chi connectivity index (χ1) is 16.9. The summed E-state index contributed by atoms with van der Waals surface area (Å²) in [5, 5.41) is 0. The Morgan fingerprint density at radius 2 is 1.83 bits per heavy atom. The Bertz CT molecular complexity index is 808.